The Morgan fingerprint density at radius 1 is 1.43 bits per heavy atom. The first-order valence-electron chi connectivity index (χ1n) is 3.96. The lowest BCUT2D eigenvalue weighted by molar-refractivity contribution is -0.131. The van der Waals surface area contributed by atoms with E-state index >= 15 is 0 Å². The lowest BCUT2D eigenvalue weighted by atomic mass is 10.3. The molecule has 0 aliphatic carbocycles. The van der Waals surface area contributed by atoms with Gasteiger partial charge in [0.1, 0.15) is 12.4 Å². The minimum atomic E-state index is -0.962. The molecule has 0 saturated heterocycles. The van der Waals surface area contributed by atoms with Crippen LogP contribution in [0.2, 0.25) is 0 Å². The predicted octanol–water partition coefficient (Wildman–Crippen LogP) is 2.31. The SMILES string of the molecule is O=C(O)C=CCOc1ccc(I)cc1. The van der Waals surface area contributed by atoms with E-state index in [2.05, 4.69) is 22.6 Å². The van der Waals surface area contributed by atoms with E-state index < -0.39 is 5.97 Å². The molecule has 0 amide bonds. The van der Waals surface area contributed by atoms with Crippen molar-refractivity contribution in [2.75, 3.05) is 6.61 Å². The topological polar surface area (TPSA) is 46.5 Å². The highest BCUT2D eigenvalue weighted by molar-refractivity contribution is 14.1. The van der Waals surface area contributed by atoms with E-state index in [-0.39, 0.29) is 6.61 Å². The molecule has 14 heavy (non-hydrogen) atoms. The largest absolute Gasteiger partial charge is 0.490 e. The third-order valence-electron chi connectivity index (χ3n) is 1.42. The third-order valence-corrected chi connectivity index (χ3v) is 2.14. The maximum atomic E-state index is 10.1. The Morgan fingerprint density at radius 3 is 2.64 bits per heavy atom. The van der Waals surface area contributed by atoms with Crippen molar-refractivity contribution in [2.24, 2.45) is 0 Å². The summed E-state index contributed by atoms with van der Waals surface area (Å²) in [7, 11) is 0. The second-order valence-corrected chi connectivity index (χ2v) is 3.75. The smallest absolute Gasteiger partial charge is 0.328 e. The van der Waals surface area contributed by atoms with Crippen LogP contribution in [0.15, 0.2) is 36.4 Å². The van der Waals surface area contributed by atoms with Gasteiger partial charge in [0.15, 0.2) is 0 Å². The number of hydrogen-bond donors (Lipinski definition) is 1. The number of aliphatic carboxylic acids is 1. The molecule has 0 fully saturated rings. The summed E-state index contributed by atoms with van der Waals surface area (Å²) in [5.74, 6) is -0.225. The van der Waals surface area contributed by atoms with Crippen molar-refractivity contribution >= 4 is 28.6 Å². The Hall–Kier alpha value is -1.04. The molecule has 0 bridgehead atoms. The molecule has 0 saturated carbocycles. The molecule has 0 atom stereocenters. The van der Waals surface area contributed by atoms with Crippen LogP contribution < -0.4 is 4.74 Å². The number of carboxylic acid groups (broad SMARTS) is 1. The molecule has 1 aromatic carbocycles. The van der Waals surface area contributed by atoms with Gasteiger partial charge in [-0.2, -0.15) is 0 Å². The van der Waals surface area contributed by atoms with Crippen LogP contribution in [-0.2, 0) is 4.79 Å². The summed E-state index contributed by atoms with van der Waals surface area (Å²) in [6, 6.07) is 7.54. The van der Waals surface area contributed by atoms with E-state index in [1.807, 2.05) is 24.3 Å². The molecule has 74 valence electrons. The molecule has 1 N–H and O–H groups in total. The fraction of sp³-hybridized carbons (Fsp3) is 0.100. The van der Waals surface area contributed by atoms with Gasteiger partial charge in [0.25, 0.3) is 0 Å². The zero-order valence-corrected chi connectivity index (χ0v) is 9.47. The normalized spacial score (nSPS) is 10.4. The Bertz CT molecular complexity index is 330. The average molecular weight is 304 g/mol. The monoisotopic (exact) mass is 304 g/mol. The predicted molar refractivity (Wildman–Crippen MR) is 61.4 cm³/mol. The van der Waals surface area contributed by atoms with Crippen molar-refractivity contribution in [3.05, 3.63) is 40.0 Å². The molecular formula is C10H9IO3. The number of ether oxygens (including phenoxy) is 1. The fourth-order valence-corrected chi connectivity index (χ4v) is 1.18. The highest BCUT2D eigenvalue weighted by atomic mass is 127. The first kappa shape index (κ1) is 11.0. The van der Waals surface area contributed by atoms with E-state index in [4.69, 9.17) is 9.84 Å². The molecule has 0 unspecified atom stereocenters. The van der Waals surface area contributed by atoms with E-state index in [1.165, 1.54) is 6.08 Å². The van der Waals surface area contributed by atoms with Gasteiger partial charge in [-0.25, -0.2) is 4.79 Å². The maximum Gasteiger partial charge on any atom is 0.328 e. The summed E-state index contributed by atoms with van der Waals surface area (Å²) in [6.07, 6.45) is 2.52. The van der Waals surface area contributed by atoms with Crippen molar-refractivity contribution in [1.82, 2.24) is 0 Å². The van der Waals surface area contributed by atoms with Crippen LogP contribution in [0.1, 0.15) is 0 Å². The minimum absolute atomic E-state index is 0.271. The molecule has 0 spiro atoms. The van der Waals surface area contributed by atoms with Crippen LogP contribution in [0.3, 0.4) is 0 Å². The summed E-state index contributed by atoms with van der Waals surface area (Å²) in [6.45, 7) is 0.271. The van der Waals surface area contributed by atoms with Gasteiger partial charge in [-0.15, -0.1) is 0 Å². The van der Waals surface area contributed by atoms with Gasteiger partial charge in [-0.1, -0.05) is 0 Å². The van der Waals surface area contributed by atoms with Gasteiger partial charge < -0.3 is 9.84 Å². The number of carboxylic acids is 1. The van der Waals surface area contributed by atoms with Crippen LogP contribution in [0, 0.1) is 3.57 Å². The molecule has 4 heteroatoms. The van der Waals surface area contributed by atoms with Crippen molar-refractivity contribution in [3.63, 3.8) is 0 Å². The van der Waals surface area contributed by atoms with Crippen molar-refractivity contribution in [3.8, 4) is 5.75 Å². The molecule has 0 radical (unpaired) electrons. The third kappa shape index (κ3) is 4.27. The van der Waals surface area contributed by atoms with Gasteiger partial charge in [0.05, 0.1) is 0 Å². The second-order valence-electron chi connectivity index (χ2n) is 2.51. The molecular weight excluding hydrogens is 295 g/mol. The quantitative estimate of drug-likeness (QED) is 0.686. The first-order chi connectivity index (χ1) is 6.68. The average Bonchev–Trinajstić information content (AvgIpc) is 2.15. The summed E-state index contributed by atoms with van der Waals surface area (Å²) in [4.78, 5) is 10.1. The van der Waals surface area contributed by atoms with Crippen LogP contribution in [0.5, 0.6) is 5.75 Å². The maximum absolute atomic E-state index is 10.1. The van der Waals surface area contributed by atoms with E-state index in [0.29, 0.717) is 0 Å². The number of halogens is 1. The highest BCUT2D eigenvalue weighted by Gasteiger charge is 1.91. The Kier molecular flexibility index (Phi) is 4.45. The first-order valence-corrected chi connectivity index (χ1v) is 5.04. The van der Waals surface area contributed by atoms with Gasteiger partial charge in [0, 0.05) is 9.65 Å². The molecule has 0 aromatic heterocycles. The molecule has 1 rings (SSSR count). The lowest BCUT2D eigenvalue weighted by Gasteiger charge is -2.01. The number of benzene rings is 1. The van der Waals surface area contributed by atoms with Crippen molar-refractivity contribution in [1.29, 1.82) is 0 Å². The Balaban J connectivity index is 2.39. The number of carbonyl (C=O) groups is 1. The van der Waals surface area contributed by atoms with Crippen LogP contribution in [0.25, 0.3) is 0 Å². The minimum Gasteiger partial charge on any atom is -0.490 e. The summed E-state index contributed by atoms with van der Waals surface area (Å²) >= 11 is 2.20. The Labute approximate surface area is 95.5 Å². The van der Waals surface area contributed by atoms with Crippen molar-refractivity contribution < 1.29 is 14.6 Å². The van der Waals surface area contributed by atoms with Gasteiger partial charge in [-0.05, 0) is 52.9 Å². The zero-order valence-electron chi connectivity index (χ0n) is 7.31. The second kappa shape index (κ2) is 5.64. The zero-order chi connectivity index (χ0) is 10.4. The summed E-state index contributed by atoms with van der Waals surface area (Å²) in [5.41, 5.74) is 0. The van der Waals surface area contributed by atoms with Gasteiger partial charge in [0.2, 0.25) is 0 Å². The number of rotatable bonds is 4. The lowest BCUT2D eigenvalue weighted by Crippen LogP contribution is -1.95. The Morgan fingerprint density at radius 2 is 2.07 bits per heavy atom. The molecule has 0 aliphatic heterocycles. The van der Waals surface area contributed by atoms with E-state index in [9.17, 15) is 4.79 Å². The van der Waals surface area contributed by atoms with Crippen LogP contribution in [-0.4, -0.2) is 17.7 Å². The van der Waals surface area contributed by atoms with Crippen molar-refractivity contribution in [2.45, 2.75) is 0 Å². The molecule has 0 aliphatic rings. The van der Waals surface area contributed by atoms with Gasteiger partial charge >= 0.3 is 5.97 Å². The van der Waals surface area contributed by atoms with E-state index in [1.54, 1.807) is 0 Å². The van der Waals surface area contributed by atoms with Crippen LogP contribution in [0.4, 0.5) is 0 Å². The van der Waals surface area contributed by atoms with Gasteiger partial charge in [-0.3, -0.25) is 0 Å². The molecule has 1 aromatic rings. The van der Waals surface area contributed by atoms with Crippen LogP contribution >= 0.6 is 22.6 Å². The van der Waals surface area contributed by atoms with E-state index in [0.717, 1.165) is 15.4 Å². The summed E-state index contributed by atoms with van der Waals surface area (Å²) < 4.78 is 6.39. The molecule has 0 heterocycles. The summed E-state index contributed by atoms with van der Waals surface area (Å²) in [5, 5.41) is 8.30. The molecule has 3 nitrogen and oxygen atoms in total. The fourth-order valence-electron chi connectivity index (χ4n) is 0.824. The highest BCUT2D eigenvalue weighted by Crippen LogP contribution is 2.13. The standard InChI is InChI=1S/C10H9IO3/c11-8-3-5-9(6-4-8)14-7-1-2-10(12)13/h1-6H,7H2,(H,12,13). The number of hydrogen-bond acceptors (Lipinski definition) is 2.